The van der Waals surface area contributed by atoms with Crippen LogP contribution in [0.1, 0.15) is 27.2 Å². The summed E-state index contributed by atoms with van der Waals surface area (Å²) in [5.41, 5.74) is 0.448. The predicted molar refractivity (Wildman–Crippen MR) is 45.8 cm³/mol. The smallest absolute Gasteiger partial charge is 0.000389 e. The average molecular weight is 136 g/mol. The second kappa shape index (κ2) is 2.61. The maximum atomic E-state index is 2.32. The monoisotopic (exact) mass is 136 g/mol. The SMILES string of the molecule is CCC(C)(C)C1C=CC=C1. The molecule has 0 aromatic rings. The summed E-state index contributed by atoms with van der Waals surface area (Å²) >= 11 is 0. The number of allylic oxidation sites excluding steroid dienone is 4. The minimum atomic E-state index is 0.448. The molecule has 0 saturated carbocycles. The van der Waals surface area contributed by atoms with Gasteiger partial charge in [0.15, 0.2) is 0 Å². The van der Waals surface area contributed by atoms with Crippen molar-refractivity contribution in [2.24, 2.45) is 11.3 Å². The van der Waals surface area contributed by atoms with E-state index >= 15 is 0 Å². The van der Waals surface area contributed by atoms with Gasteiger partial charge in [0.1, 0.15) is 0 Å². The lowest BCUT2D eigenvalue weighted by atomic mass is 9.78. The third-order valence-corrected chi connectivity index (χ3v) is 2.56. The van der Waals surface area contributed by atoms with E-state index in [4.69, 9.17) is 0 Å². The van der Waals surface area contributed by atoms with Crippen LogP contribution in [0, 0.1) is 11.3 Å². The van der Waals surface area contributed by atoms with Gasteiger partial charge in [0, 0.05) is 5.92 Å². The summed E-state index contributed by atoms with van der Waals surface area (Å²) in [5, 5.41) is 0. The second-order valence-corrected chi connectivity index (χ2v) is 3.64. The topological polar surface area (TPSA) is 0 Å². The standard InChI is InChI=1S/C10H16/c1-4-10(2,3)9-7-5-6-8-9/h5-9H,4H2,1-3H3. The van der Waals surface area contributed by atoms with Crippen molar-refractivity contribution < 1.29 is 0 Å². The van der Waals surface area contributed by atoms with Gasteiger partial charge >= 0.3 is 0 Å². The predicted octanol–water partition coefficient (Wildman–Crippen LogP) is 3.16. The van der Waals surface area contributed by atoms with Gasteiger partial charge in [-0.3, -0.25) is 0 Å². The van der Waals surface area contributed by atoms with Gasteiger partial charge in [0.25, 0.3) is 0 Å². The molecule has 0 aromatic heterocycles. The number of rotatable bonds is 2. The van der Waals surface area contributed by atoms with Gasteiger partial charge in [-0.1, -0.05) is 51.5 Å². The van der Waals surface area contributed by atoms with Crippen molar-refractivity contribution in [3.63, 3.8) is 0 Å². The van der Waals surface area contributed by atoms with Crippen LogP contribution in [-0.4, -0.2) is 0 Å². The molecule has 10 heavy (non-hydrogen) atoms. The molecule has 0 bridgehead atoms. The molecule has 1 aliphatic carbocycles. The first-order chi connectivity index (χ1) is 4.67. The molecule has 0 radical (unpaired) electrons. The van der Waals surface area contributed by atoms with Gasteiger partial charge in [0.05, 0.1) is 0 Å². The van der Waals surface area contributed by atoms with E-state index in [1.165, 1.54) is 6.42 Å². The van der Waals surface area contributed by atoms with E-state index in [0.29, 0.717) is 11.3 Å². The highest BCUT2D eigenvalue weighted by atomic mass is 14.3. The van der Waals surface area contributed by atoms with E-state index in [0.717, 1.165) is 0 Å². The summed E-state index contributed by atoms with van der Waals surface area (Å²) in [5.74, 6) is 0.664. The van der Waals surface area contributed by atoms with E-state index in [2.05, 4.69) is 45.1 Å². The zero-order valence-electron chi connectivity index (χ0n) is 7.09. The normalized spacial score (nSPS) is 18.7. The highest BCUT2D eigenvalue weighted by Gasteiger charge is 2.24. The van der Waals surface area contributed by atoms with Crippen LogP contribution >= 0.6 is 0 Å². The van der Waals surface area contributed by atoms with Crippen molar-refractivity contribution in [2.75, 3.05) is 0 Å². The zero-order valence-corrected chi connectivity index (χ0v) is 7.09. The average Bonchev–Trinajstić information content (AvgIpc) is 2.38. The lowest BCUT2D eigenvalue weighted by Crippen LogP contribution is -2.18. The molecule has 1 rings (SSSR count). The summed E-state index contributed by atoms with van der Waals surface area (Å²) in [6.45, 7) is 6.88. The van der Waals surface area contributed by atoms with Gasteiger partial charge in [-0.25, -0.2) is 0 Å². The highest BCUT2D eigenvalue weighted by Crippen LogP contribution is 2.34. The van der Waals surface area contributed by atoms with Crippen LogP contribution in [0.25, 0.3) is 0 Å². The summed E-state index contributed by atoms with van der Waals surface area (Å²) in [7, 11) is 0. The van der Waals surface area contributed by atoms with Crippen LogP contribution in [0.3, 0.4) is 0 Å². The van der Waals surface area contributed by atoms with Crippen molar-refractivity contribution >= 4 is 0 Å². The highest BCUT2D eigenvalue weighted by molar-refractivity contribution is 5.20. The van der Waals surface area contributed by atoms with E-state index in [1.807, 2.05) is 0 Å². The van der Waals surface area contributed by atoms with Crippen molar-refractivity contribution in [1.29, 1.82) is 0 Å². The molecule has 0 aliphatic heterocycles. The van der Waals surface area contributed by atoms with Gasteiger partial charge < -0.3 is 0 Å². The Morgan fingerprint density at radius 1 is 1.20 bits per heavy atom. The van der Waals surface area contributed by atoms with Crippen LogP contribution in [-0.2, 0) is 0 Å². The van der Waals surface area contributed by atoms with Gasteiger partial charge in [-0.15, -0.1) is 0 Å². The first-order valence-electron chi connectivity index (χ1n) is 4.02. The lowest BCUT2D eigenvalue weighted by molar-refractivity contribution is 0.293. The minimum Gasteiger partial charge on any atom is -0.0771 e. The largest absolute Gasteiger partial charge is 0.0771 e. The molecule has 0 atom stereocenters. The molecule has 0 aromatic carbocycles. The second-order valence-electron chi connectivity index (χ2n) is 3.64. The Morgan fingerprint density at radius 2 is 1.70 bits per heavy atom. The first-order valence-corrected chi connectivity index (χ1v) is 4.02. The van der Waals surface area contributed by atoms with Crippen LogP contribution < -0.4 is 0 Å². The quantitative estimate of drug-likeness (QED) is 0.547. The summed E-state index contributed by atoms with van der Waals surface area (Å²) in [6.07, 6.45) is 10.1. The van der Waals surface area contributed by atoms with Crippen LogP contribution in [0.4, 0.5) is 0 Å². The Morgan fingerprint density at radius 3 is 2.10 bits per heavy atom. The zero-order chi connectivity index (χ0) is 7.61. The molecule has 0 unspecified atom stereocenters. The molecule has 1 aliphatic rings. The van der Waals surface area contributed by atoms with Crippen molar-refractivity contribution in [3.05, 3.63) is 24.3 Å². The molecular weight excluding hydrogens is 120 g/mol. The Hall–Kier alpha value is -0.520. The van der Waals surface area contributed by atoms with Crippen molar-refractivity contribution in [3.8, 4) is 0 Å². The summed E-state index contributed by atoms with van der Waals surface area (Å²) < 4.78 is 0. The Bertz CT molecular complexity index is 149. The van der Waals surface area contributed by atoms with Crippen LogP contribution in [0.15, 0.2) is 24.3 Å². The molecule has 0 spiro atoms. The molecule has 0 heterocycles. The van der Waals surface area contributed by atoms with Gasteiger partial charge in [0.2, 0.25) is 0 Å². The first kappa shape index (κ1) is 7.59. The van der Waals surface area contributed by atoms with E-state index in [-0.39, 0.29) is 0 Å². The fourth-order valence-electron chi connectivity index (χ4n) is 1.19. The third kappa shape index (κ3) is 1.31. The maximum absolute atomic E-state index is 2.32. The molecule has 0 fully saturated rings. The van der Waals surface area contributed by atoms with E-state index in [9.17, 15) is 0 Å². The lowest BCUT2D eigenvalue weighted by Gasteiger charge is -2.27. The third-order valence-electron chi connectivity index (χ3n) is 2.56. The van der Waals surface area contributed by atoms with Gasteiger partial charge in [-0.05, 0) is 5.41 Å². The van der Waals surface area contributed by atoms with Crippen molar-refractivity contribution in [2.45, 2.75) is 27.2 Å². The maximum Gasteiger partial charge on any atom is 0.000389 e. The summed E-state index contributed by atoms with van der Waals surface area (Å²) in [4.78, 5) is 0. The van der Waals surface area contributed by atoms with Gasteiger partial charge in [-0.2, -0.15) is 0 Å². The molecule has 0 nitrogen and oxygen atoms in total. The van der Waals surface area contributed by atoms with Crippen molar-refractivity contribution in [1.82, 2.24) is 0 Å². The van der Waals surface area contributed by atoms with E-state index < -0.39 is 0 Å². The minimum absolute atomic E-state index is 0.448. The van der Waals surface area contributed by atoms with Crippen LogP contribution in [0.5, 0.6) is 0 Å². The molecule has 0 N–H and O–H groups in total. The molecule has 0 amide bonds. The van der Waals surface area contributed by atoms with Crippen LogP contribution in [0.2, 0.25) is 0 Å². The Balaban J connectivity index is 2.64. The van der Waals surface area contributed by atoms with E-state index in [1.54, 1.807) is 0 Å². The fraction of sp³-hybridized carbons (Fsp3) is 0.600. The number of hydrogen-bond donors (Lipinski definition) is 0. The fourth-order valence-corrected chi connectivity index (χ4v) is 1.19. The molecular formula is C10H16. The molecule has 0 saturated heterocycles. The summed E-state index contributed by atoms with van der Waals surface area (Å²) in [6, 6.07) is 0. The molecule has 56 valence electrons. The molecule has 0 heteroatoms. The number of hydrogen-bond acceptors (Lipinski definition) is 0. The Kier molecular flexibility index (Phi) is 1.98. The Labute approximate surface area is 63.6 Å².